The van der Waals surface area contributed by atoms with Crippen LogP contribution in [0.2, 0.25) is 0 Å². The molecule has 16 heavy (non-hydrogen) atoms. The number of hydrogen-bond acceptors (Lipinski definition) is 5. The summed E-state index contributed by atoms with van der Waals surface area (Å²) in [7, 11) is 0. The van der Waals surface area contributed by atoms with Gasteiger partial charge in [0.15, 0.2) is 0 Å². The minimum absolute atomic E-state index is 0.0183. The molecule has 2 unspecified atom stereocenters. The Labute approximate surface area is 94.9 Å². The third-order valence-electron chi connectivity index (χ3n) is 2.83. The molecule has 6 heteroatoms. The molecule has 0 radical (unpaired) electrons. The lowest BCUT2D eigenvalue weighted by Gasteiger charge is -2.15. The van der Waals surface area contributed by atoms with Gasteiger partial charge in [-0.25, -0.2) is 4.68 Å². The van der Waals surface area contributed by atoms with Gasteiger partial charge in [0, 0.05) is 6.04 Å². The van der Waals surface area contributed by atoms with Gasteiger partial charge in [-0.3, -0.25) is 0 Å². The molecule has 0 saturated heterocycles. The minimum Gasteiger partial charge on any atom is -0.391 e. The number of nitrogens with one attached hydrogen (secondary N) is 1. The average Bonchev–Trinajstić information content (AvgIpc) is 2.71. The summed E-state index contributed by atoms with van der Waals surface area (Å²) in [4.78, 5) is 4.14. The Kier molecular flexibility index (Phi) is 3.00. The van der Waals surface area contributed by atoms with Crippen molar-refractivity contribution in [1.29, 1.82) is 0 Å². The maximum atomic E-state index is 9.79. The van der Waals surface area contributed by atoms with Gasteiger partial charge in [-0.15, -0.1) is 5.10 Å². The largest absolute Gasteiger partial charge is 0.391 e. The molecule has 2 rings (SSSR count). The maximum absolute atomic E-state index is 9.79. The molecule has 0 spiro atoms. The number of aromatic nitrogens is 3. The van der Waals surface area contributed by atoms with Crippen LogP contribution in [0.5, 0.6) is 0 Å². The number of hydrogen-bond donors (Lipinski definition) is 3. The fourth-order valence-corrected chi connectivity index (χ4v) is 2.10. The summed E-state index contributed by atoms with van der Waals surface area (Å²) in [5.41, 5.74) is 5.80. The normalized spacial score (nSPS) is 25.2. The van der Waals surface area contributed by atoms with Crippen LogP contribution >= 0.6 is 0 Å². The number of aliphatic hydroxyl groups excluding tert-OH is 1. The Morgan fingerprint density at radius 3 is 2.81 bits per heavy atom. The van der Waals surface area contributed by atoms with Crippen molar-refractivity contribution >= 4 is 11.9 Å². The van der Waals surface area contributed by atoms with Gasteiger partial charge < -0.3 is 16.2 Å². The highest BCUT2D eigenvalue weighted by molar-refractivity contribution is 5.32. The summed E-state index contributed by atoms with van der Waals surface area (Å²) in [6, 6.07) is 0.249. The van der Waals surface area contributed by atoms with Crippen LogP contribution in [0.15, 0.2) is 0 Å². The van der Waals surface area contributed by atoms with Crippen LogP contribution in [0.3, 0.4) is 0 Å². The van der Waals surface area contributed by atoms with Crippen molar-refractivity contribution in [2.45, 2.75) is 51.3 Å². The van der Waals surface area contributed by atoms with Crippen LogP contribution in [0.1, 0.15) is 39.2 Å². The van der Waals surface area contributed by atoms with Crippen molar-refractivity contribution in [2.24, 2.45) is 0 Å². The molecule has 2 atom stereocenters. The summed E-state index contributed by atoms with van der Waals surface area (Å²) in [5.74, 6) is 0.903. The zero-order valence-corrected chi connectivity index (χ0v) is 9.72. The Morgan fingerprint density at radius 1 is 1.50 bits per heavy atom. The van der Waals surface area contributed by atoms with E-state index in [-0.39, 0.29) is 18.2 Å². The van der Waals surface area contributed by atoms with E-state index < -0.39 is 0 Å². The molecule has 0 aromatic carbocycles. The van der Waals surface area contributed by atoms with Gasteiger partial charge in [0.1, 0.15) is 0 Å². The van der Waals surface area contributed by atoms with Crippen LogP contribution in [0, 0.1) is 0 Å². The van der Waals surface area contributed by atoms with Crippen molar-refractivity contribution < 1.29 is 5.11 Å². The van der Waals surface area contributed by atoms with E-state index >= 15 is 0 Å². The van der Waals surface area contributed by atoms with Gasteiger partial charge in [-0.1, -0.05) is 0 Å². The summed E-state index contributed by atoms with van der Waals surface area (Å²) in [5, 5.41) is 17.2. The molecule has 1 aromatic heterocycles. The molecule has 1 fully saturated rings. The highest BCUT2D eigenvalue weighted by atomic mass is 16.3. The van der Waals surface area contributed by atoms with Crippen LogP contribution in [-0.2, 0) is 0 Å². The first-order chi connectivity index (χ1) is 7.58. The van der Waals surface area contributed by atoms with Crippen LogP contribution in [-0.4, -0.2) is 32.0 Å². The van der Waals surface area contributed by atoms with E-state index in [0.29, 0.717) is 11.9 Å². The van der Waals surface area contributed by atoms with Crippen molar-refractivity contribution in [2.75, 3.05) is 11.1 Å². The second kappa shape index (κ2) is 4.29. The fraction of sp³-hybridized carbons (Fsp3) is 0.800. The fourth-order valence-electron chi connectivity index (χ4n) is 2.10. The molecule has 0 amide bonds. The Bertz CT molecular complexity index is 362. The van der Waals surface area contributed by atoms with Crippen LogP contribution in [0.25, 0.3) is 0 Å². The third kappa shape index (κ3) is 2.11. The van der Waals surface area contributed by atoms with Gasteiger partial charge in [-0.2, -0.15) is 4.98 Å². The lowest BCUT2D eigenvalue weighted by atomic mass is 10.2. The van der Waals surface area contributed by atoms with E-state index in [0.717, 1.165) is 19.3 Å². The molecule has 0 bridgehead atoms. The highest BCUT2D eigenvalue weighted by Crippen LogP contribution is 2.31. The number of nitrogens with zero attached hydrogens (tertiary/aromatic N) is 3. The molecule has 6 nitrogen and oxygen atoms in total. The van der Waals surface area contributed by atoms with Crippen molar-refractivity contribution in [3.8, 4) is 0 Å². The molecule has 1 aliphatic carbocycles. The molecule has 0 aliphatic heterocycles. The second-order valence-corrected chi connectivity index (χ2v) is 4.60. The Hall–Kier alpha value is -1.30. The van der Waals surface area contributed by atoms with E-state index in [2.05, 4.69) is 15.4 Å². The van der Waals surface area contributed by atoms with Gasteiger partial charge in [0.25, 0.3) is 0 Å². The van der Waals surface area contributed by atoms with Crippen molar-refractivity contribution in [3.05, 3.63) is 0 Å². The molecule has 1 saturated carbocycles. The highest BCUT2D eigenvalue weighted by Gasteiger charge is 2.29. The molecule has 1 heterocycles. The quantitative estimate of drug-likeness (QED) is 0.707. The number of nitrogen functional groups attached to an aromatic ring is 1. The number of rotatable bonds is 3. The van der Waals surface area contributed by atoms with Crippen LogP contribution < -0.4 is 11.1 Å². The zero-order valence-electron chi connectivity index (χ0n) is 9.72. The summed E-state index contributed by atoms with van der Waals surface area (Å²) in [6.07, 6.45) is 2.39. The van der Waals surface area contributed by atoms with Crippen molar-refractivity contribution in [3.63, 3.8) is 0 Å². The van der Waals surface area contributed by atoms with E-state index in [4.69, 9.17) is 5.73 Å². The predicted octanol–water partition coefficient (Wildman–Crippen LogP) is 0.766. The number of aliphatic hydroxyl groups is 1. The topological polar surface area (TPSA) is 89.0 Å². The lowest BCUT2D eigenvalue weighted by molar-refractivity contribution is 0.131. The lowest BCUT2D eigenvalue weighted by Crippen LogP contribution is -2.21. The Morgan fingerprint density at radius 2 is 2.25 bits per heavy atom. The van der Waals surface area contributed by atoms with E-state index in [1.807, 2.05) is 13.8 Å². The monoisotopic (exact) mass is 225 g/mol. The third-order valence-corrected chi connectivity index (χ3v) is 2.83. The number of anilines is 2. The first-order valence-electron chi connectivity index (χ1n) is 5.74. The zero-order chi connectivity index (χ0) is 11.7. The Balaban J connectivity index is 2.17. The van der Waals surface area contributed by atoms with E-state index in [1.165, 1.54) is 0 Å². The SMILES string of the molecule is CC(C)Nc1nc(N)n(C2CCCC2O)n1. The second-order valence-electron chi connectivity index (χ2n) is 4.60. The van der Waals surface area contributed by atoms with Crippen LogP contribution in [0.4, 0.5) is 11.9 Å². The van der Waals surface area contributed by atoms with Gasteiger partial charge in [0.2, 0.25) is 11.9 Å². The molecular weight excluding hydrogens is 206 g/mol. The molecule has 90 valence electrons. The summed E-state index contributed by atoms with van der Waals surface area (Å²) in [6.45, 7) is 4.03. The standard InChI is InChI=1S/C10H19N5O/c1-6(2)12-10-13-9(11)15(14-10)7-4-3-5-8(7)16/h6-8,16H,3-5H2,1-2H3,(H3,11,12,13,14). The summed E-state index contributed by atoms with van der Waals surface area (Å²) < 4.78 is 1.64. The van der Waals surface area contributed by atoms with Gasteiger partial charge >= 0.3 is 0 Å². The molecule has 1 aliphatic rings. The smallest absolute Gasteiger partial charge is 0.244 e. The molecular formula is C10H19N5O. The molecule has 4 N–H and O–H groups in total. The summed E-state index contributed by atoms with van der Waals surface area (Å²) >= 11 is 0. The van der Waals surface area contributed by atoms with E-state index in [1.54, 1.807) is 4.68 Å². The number of nitrogens with two attached hydrogens (primary N) is 1. The average molecular weight is 225 g/mol. The first-order valence-corrected chi connectivity index (χ1v) is 5.74. The first kappa shape index (κ1) is 11.2. The van der Waals surface area contributed by atoms with E-state index in [9.17, 15) is 5.11 Å². The van der Waals surface area contributed by atoms with Gasteiger partial charge in [-0.05, 0) is 33.1 Å². The maximum Gasteiger partial charge on any atom is 0.244 e. The predicted molar refractivity (Wildman–Crippen MR) is 62.1 cm³/mol. The van der Waals surface area contributed by atoms with Crippen molar-refractivity contribution in [1.82, 2.24) is 14.8 Å². The van der Waals surface area contributed by atoms with Gasteiger partial charge in [0.05, 0.1) is 12.1 Å². The molecule has 1 aromatic rings. The minimum atomic E-state index is -0.351.